The zero-order chi connectivity index (χ0) is 27.7. The van der Waals surface area contributed by atoms with E-state index in [2.05, 4.69) is 72.8 Å². The summed E-state index contributed by atoms with van der Waals surface area (Å²) in [7, 11) is 4.55. The van der Waals surface area contributed by atoms with Gasteiger partial charge in [-0.1, -0.05) is 91.0 Å². The molecule has 0 bridgehead atoms. The van der Waals surface area contributed by atoms with Crippen molar-refractivity contribution in [1.29, 1.82) is 0 Å². The standard InChI is InChI=1S/C18H15OP.3C6H5.ClH.Sn/c19-20(16-10-4-1-5-11-16,17-12-6-2-7-13-17)18-14-8-3-9-15-18;3*1-2-4-6-5-3-1;;/h1-15H;3*1-5H;1H;/q;;;;;+1/p-1. The fraction of sp³-hybridized carbons (Fsp3) is 0. The minimum absolute atomic E-state index is 0.873. The zero-order valence-electron chi connectivity index (χ0n) is 22.1. The Hall–Kier alpha value is -3.36. The molecule has 0 atom stereocenters. The maximum atomic E-state index is 13.8. The van der Waals surface area contributed by atoms with E-state index in [1.54, 1.807) is 0 Å². The second kappa shape index (κ2) is 13.3. The van der Waals surface area contributed by atoms with Crippen LogP contribution in [0.1, 0.15) is 0 Å². The van der Waals surface area contributed by atoms with Crippen molar-refractivity contribution in [1.82, 2.24) is 0 Å². The number of benzene rings is 6. The Labute approximate surface area is 245 Å². The molecular formula is C36H30ClOPSn. The van der Waals surface area contributed by atoms with E-state index in [0.717, 1.165) is 15.9 Å². The normalized spacial score (nSPS) is 11.2. The molecule has 0 radical (unpaired) electrons. The number of hydrogen-bond donors (Lipinski definition) is 0. The maximum absolute atomic E-state index is 13.8. The Balaban J connectivity index is 0.000000161. The van der Waals surface area contributed by atoms with E-state index in [0.29, 0.717) is 0 Å². The first-order chi connectivity index (χ1) is 19.6. The predicted molar refractivity (Wildman–Crippen MR) is 176 cm³/mol. The average molecular weight is 664 g/mol. The molecule has 1 nitrogen and oxygen atoms in total. The summed E-state index contributed by atoms with van der Waals surface area (Å²) in [4.78, 5) is 0. The molecule has 4 heteroatoms. The molecule has 40 heavy (non-hydrogen) atoms. The Morgan fingerprint density at radius 1 is 0.350 bits per heavy atom. The van der Waals surface area contributed by atoms with Gasteiger partial charge in [0.05, 0.1) is 0 Å². The molecule has 0 saturated carbocycles. The molecule has 196 valence electrons. The van der Waals surface area contributed by atoms with Crippen LogP contribution in [0.3, 0.4) is 0 Å². The third-order valence-corrected chi connectivity index (χ3v) is 24.0. The Kier molecular flexibility index (Phi) is 9.39. The molecule has 6 rings (SSSR count). The third-order valence-electron chi connectivity index (χ3n) is 6.87. The van der Waals surface area contributed by atoms with Crippen molar-refractivity contribution in [3.05, 3.63) is 182 Å². The van der Waals surface area contributed by atoms with Crippen LogP contribution in [0.5, 0.6) is 0 Å². The van der Waals surface area contributed by atoms with Gasteiger partial charge in [-0.15, -0.1) is 0 Å². The molecule has 0 heterocycles. The summed E-state index contributed by atoms with van der Waals surface area (Å²) in [5.41, 5.74) is 0. The van der Waals surface area contributed by atoms with E-state index in [9.17, 15) is 4.57 Å². The van der Waals surface area contributed by atoms with Crippen molar-refractivity contribution in [2.24, 2.45) is 0 Å². The summed E-state index contributed by atoms with van der Waals surface area (Å²) in [6, 6.07) is 60.8. The van der Waals surface area contributed by atoms with E-state index in [-0.39, 0.29) is 0 Å². The van der Waals surface area contributed by atoms with Crippen molar-refractivity contribution in [2.45, 2.75) is 0 Å². The van der Waals surface area contributed by atoms with Gasteiger partial charge in [-0.2, -0.15) is 0 Å². The second-order valence-corrected chi connectivity index (χ2v) is 24.6. The van der Waals surface area contributed by atoms with Gasteiger partial charge in [-0.3, -0.25) is 0 Å². The van der Waals surface area contributed by atoms with Crippen LogP contribution in [0.25, 0.3) is 0 Å². The first-order valence-electron chi connectivity index (χ1n) is 13.3. The molecule has 0 N–H and O–H groups in total. The van der Waals surface area contributed by atoms with Crippen LogP contribution in [0.2, 0.25) is 0 Å². The van der Waals surface area contributed by atoms with Gasteiger partial charge in [0.1, 0.15) is 0 Å². The van der Waals surface area contributed by atoms with Gasteiger partial charge in [0.15, 0.2) is 7.14 Å². The molecular weight excluding hydrogens is 634 g/mol. The fourth-order valence-corrected chi connectivity index (χ4v) is 18.5. The van der Waals surface area contributed by atoms with E-state index in [4.69, 9.17) is 8.92 Å². The number of hydrogen-bond acceptors (Lipinski definition) is 1. The predicted octanol–water partition coefficient (Wildman–Crippen LogP) is 6.22. The van der Waals surface area contributed by atoms with Crippen LogP contribution >= 0.6 is 16.1 Å². The molecule has 6 aromatic carbocycles. The van der Waals surface area contributed by atoms with Crippen LogP contribution < -0.4 is 26.7 Å². The van der Waals surface area contributed by atoms with Gasteiger partial charge < -0.3 is 4.57 Å². The van der Waals surface area contributed by atoms with Gasteiger partial charge in [0, 0.05) is 15.9 Å². The molecule has 0 aliphatic heterocycles. The van der Waals surface area contributed by atoms with Gasteiger partial charge in [0.25, 0.3) is 0 Å². The summed E-state index contributed by atoms with van der Waals surface area (Å²) < 4.78 is 17.7. The summed E-state index contributed by atoms with van der Waals surface area (Å²) in [6.45, 7) is 0. The van der Waals surface area contributed by atoms with Crippen LogP contribution in [-0.2, 0) is 4.57 Å². The van der Waals surface area contributed by atoms with Crippen LogP contribution in [0.4, 0.5) is 0 Å². The Morgan fingerprint density at radius 2 is 0.550 bits per heavy atom. The van der Waals surface area contributed by atoms with Crippen LogP contribution in [-0.4, -0.2) is 17.3 Å². The number of rotatable bonds is 6. The fourth-order valence-electron chi connectivity index (χ4n) is 4.86. The SMILES string of the molecule is O=P(c1ccccc1)(c1ccccc1)c1ccccc1.[Cl][Sn]([c]1ccccc1)([c]1ccccc1)[c]1ccccc1. The van der Waals surface area contributed by atoms with Crippen molar-refractivity contribution in [2.75, 3.05) is 0 Å². The van der Waals surface area contributed by atoms with E-state index >= 15 is 0 Å². The number of halogens is 1. The Morgan fingerprint density at radius 3 is 0.775 bits per heavy atom. The zero-order valence-corrected chi connectivity index (χ0v) is 26.6. The van der Waals surface area contributed by atoms with Crippen molar-refractivity contribution in [3.8, 4) is 0 Å². The Bertz CT molecular complexity index is 1450. The summed E-state index contributed by atoms with van der Waals surface area (Å²) in [6.07, 6.45) is 0. The molecule has 0 unspecified atom stereocenters. The minimum atomic E-state index is -3.30. The summed E-state index contributed by atoms with van der Waals surface area (Å²) in [5.74, 6) is 0. The molecule has 0 aromatic heterocycles. The monoisotopic (exact) mass is 664 g/mol. The van der Waals surface area contributed by atoms with E-state index in [1.807, 2.05) is 109 Å². The van der Waals surface area contributed by atoms with Gasteiger partial charge in [-0.05, 0) is 0 Å². The molecule has 0 spiro atoms. The van der Waals surface area contributed by atoms with E-state index < -0.39 is 24.4 Å². The van der Waals surface area contributed by atoms with E-state index in [1.165, 1.54) is 10.7 Å². The van der Waals surface area contributed by atoms with Gasteiger partial charge >= 0.3 is 128 Å². The molecule has 6 aromatic rings. The van der Waals surface area contributed by atoms with Crippen molar-refractivity contribution < 1.29 is 4.57 Å². The second-order valence-electron chi connectivity index (χ2n) is 9.37. The molecule has 0 aliphatic carbocycles. The third kappa shape index (κ3) is 6.03. The molecule has 0 aliphatic rings. The van der Waals surface area contributed by atoms with Crippen molar-refractivity contribution >= 4 is 60.0 Å². The molecule has 0 saturated heterocycles. The van der Waals surface area contributed by atoms with Crippen molar-refractivity contribution in [3.63, 3.8) is 0 Å². The topological polar surface area (TPSA) is 17.1 Å². The first-order valence-corrected chi connectivity index (χ1v) is 22.9. The molecule has 0 fully saturated rings. The summed E-state index contributed by atoms with van der Waals surface area (Å²) >= 11 is -3.30. The molecule has 0 amide bonds. The van der Waals surface area contributed by atoms with Crippen LogP contribution in [0, 0.1) is 0 Å². The van der Waals surface area contributed by atoms with Gasteiger partial charge in [-0.25, -0.2) is 0 Å². The van der Waals surface area contributed by atoms with Crippen LogP contribution in [0.15, 0.2) is 182 Å². The first kappa shape index (κ1) is 28.2. The van der Waals surface area contributed by atoms with Gasteiger partial charge in [0.2, 0.25) is 0 Å². The average Bonchev–Trinajstić information content (AvgIpc) is 3.07. The quantitative estimate of drug-likeness (QED) is 0.153. The summed E-state index contributed by atoms with van der Waals surface area (Å²) in [5, 5.41) is 2.62.